The van der Waals surface area contributed by atoms with Crippen molar-refractivity contribution in [1.29, 1.82) is 0 Å². The van der Waals surface area contributed by atoms with Gasteiger partial charge in [-0.3, -0.25) is 9.59 Å². The van der Waals surface area contributed by atoms with E-state index in [2.05, 4.69) is 5.32 Å². The van der Waals surface area contributed by atoms with Crippen LogP contribution >= 0.6 is 11.6 Å². The van der Waals surface area contributed by atoms with Gasteiger partial charge < -0.3 is 15.0 Å². The van der Waals surface area contributed by atoms with Gasteiger partial charge in [0.05, 0.1) is 12.5 Å². The number of benzene rings is 1. The number of likely N-dealkylation sites (tertiary alicyclic amines) is 1. The fourth-order valence-corrected chi connectivity index (χ4v) is 4.66. The number of fused-ring (bicyclic) bond motifs is 1. The van der Waals surface area contributed by atoms with Crippen molar-refractivity contribution in [2.24, 2.45) is 5.92 Å². The van der Waals surface area contributed by atoms with Crippen LogP contribution in [-0.2, 0) is 9.59 Å². The van der Waals surface area contributed by atoms with E-state index in [1.54, 1.807) is 12.1 Å². The largest absolute Gasteiger partial charge is 0.490 e. The molecule has 7 heteroatoms. The maximum Gasteiger partial charge on any atom is 0.235 e. The minimum Gasteiger partial charge on any atom is -0.490 e. The molecule has 1 saturated heterocycles. The molecular formula is C20H24ClFN2O3. The topological polar surface area (TPSA) is 58.6 Å². The number of piperidine rings is 1. The molecule has 1 unspecified atom stereocenters. The lowest BCUT2D eigenvalue weighted by molar-refractivity contribution is -0.135. The van der Waals surface area contributed by atoms with E-state index in [1.165, 1.54) is 6.07 Å². The molecule has 2 heterocycles. The average Bonchev–Trinajstić information content (AvgIpc) is 3.48. The highest BCUT2D eigenvalue weighted by atomic mass is 35.5. The molecule has 1 saturated carbocycles. The van der Waals surface area contributed by atoms with Crippen molar-refractivity contribution in [3.63, 3.8) is 0 Å². The van der Waals surface area contributed by atoms with Crippen LogP contribution < -0.4 is 10.1 Å². The van der Waals surface area contributed by atoms with Gasteiger partial charge in [0, 0.05) is 24.2 Å². The fourth-order valence-electron chi connectivity index (χ4n) is 4.60. The molecule has 1 aliphatic carbocycles. The van der Waals surface area contributed by atoms with E-state index in [9.17, 15) is 14.0 Å². The summed E-state index contributed by atoms with van der Waals surface area (Å²) in [5.74, 6) is -0.224. The summed E-state index contributed by atoms with van der Waals surface area (Å²) in [7, 11) is 0. The van der Waals surface area contributed by atoms with Gasteiger partial charge in [-0.25, -0.2) is 4.39 Å². The Morgan fingerprint density at radius 2 is 2.00 bits per heavy atom. The summed E-state index contributed by atoms with van der Waals surface area (Å²) >= 11 is 5.63. The van der Waals surface area contributed by atoms with Crippen LogP contribution in [0, 0.1) is 11.7 Å². The Labute approximate surface area is 163 Å². The summed E-state index contributed by atoms with van der Waals surface area (Å²) in [6, 6.07) is 4.78. The first-order chi connectivity index (χ1) is 13.0. The van der Waals surface area contributed by atoms with Crippen molar-refractivity contribution in [3.8, 4) is 5.75 Å². The summed E-state index contributed by atoms with van der Waals surface area (Å²) in [5.41, 5.74) is 0.539. The number of hydrogen-bond donors (Lipinski definition) is 1. The van der Waals surface area contributed by atoms with Crippen LogP contribution in [-0.4, -0.2) is 47.8 Å². The molecule has 1 N–H and O–H groups in total. The Bertz CT molecular complexity index is 745. The van der Waals surface area contributed by atoms with Gasteiger partial charge in [-0.2, -0.15) is 0 Å². The summed E-state index contributed by atoms with van der Waals surface area (Å²) in [4.78, 5) is 26.7. The van der Waals surface area contributed by atoms with Crippen molar-refractivity contribution >= 4 is 23.4 Å². The molecule has 3 aliphatic rings. The number of nitrogens with zero attached hydrogens (tertiary/aromatic N) is 1. The molecule has 5 nitrogen and oxygen atoms in total. The number of ether oxygens (including phenoxy) is 1. The summed E-state index contributed by atoms with van der Waals surface area (Å²) in [6.45, 7) is 1.70. The van der Waals surface area contributed by atoms with E-state index in [0.717, 1.165) is 25.7 Å². The zero-order chi connectivity index (χ0) is 19.0. The maximum atomic E-state index is 14.0. The van der Waals surface area contributed by atoms with Gasteiger partial charge in [-0.15, -0.1) is 11.6 Å². The molecule has 27 heavy (non-hydrogen) atoms. The van der Waals surface area contributed by atoms with Gasteiger partial charge in [0.25, 0.3) is 0 Å². The zero-order valence-electron chi connectivity index (χ0n) is 15.2. The fraction of sp³-hybridized carbons (Fsp3) is 0.600. The standard InChI is InChI=1S/C20H24ClFN2O3/c21-12-17(25)23-20(7-8-20)13-4-9-24(10-5-13)19(26)15-6-11-27-18-14(15)2-1-3-16(18)22/h1-3,13,15H,4-12H2,(H,23,25). The minimum atomic E-state index is -0.408. The number of carbonyl (C=O) groups excluding carboxylic acids is 2. The highest BCUT2D eigenvalue weighted by molar-refractivity contribution is 6.27. The first-order valence-electron chi connectivity index (χ1n) is 9.61. The number of carbonyl (C=O) groups is 2. The van der Waals surface area contributed by atoms with Crippen molar-refractivity contribution in [2.45, 2.75) is 43.6 Å². The second-order valence-electron chi connectivity index (χ2n) is 7.79. The van der Waals surface area contributed by atoms with Crippen molar-refractivity contribution in [3.05, 3.63) is 29.6 Å². The predicted molar refractivity (Wildman–Crippen MR) is 99.4 cm³/mol. The number of para-hydroxylation sites is 1. The second-order valence-corrected chi connectivity index (χ2v) is 8.05. The van der Waals surface area contributed by atoms with Crippen LogP contribution in [0.2, 0.25) is 0 Å². The number of alkyl halides is 1. The number of halogens is 2. The normalized spacial score (nSPS) is 23.9. The van der Waals surface area contributed by atoms with E-state index in [4.69, 9.17) is 16.3 Å². The SMILES string of the molecule is O=C(CCl)NC1(C2CCN(C(=O)C3CCOc4c(F)cccc43)CC2)CC1. The minimum absolute atomic E-state index is 0.0151. The van der Waals surface area contributed by atoms with E-state index in [1.807, 2.05) is 4.90 Å². The Morgan fingerprint density at radius 3 is 2.67 bits per heavy atom. The summed E-state index contributed by atoms with van der Waals surface area (Å²) in [5, 5.41) is 3.08. The van der Waals surface area contributed by atoms with E-state index >= 15 is 0 Å². The van der Waals surface area contributed by atoms with Gasteiger partial charge in [0.15, 0.2) is 11.6 Å². The van der Waals surface area contributed by atoms with Crippen molar-refractivity contribution in [2.75, 3.05) is 25.6 Å². The highest BCUT2D eigenvalue weighted by Crippen LogP contribution is 2.47. The molecule has 1 aromatic carbocycles. The summed E-state index contributed by atoms with van der Waals surface area (Å²) in [6.07, 6.45) is 4.29. The molecule has 2 aliphatic heterocycles. The quantitative estimate of drug-likeness (QED) is 0.799. The molecule has 1 aromatic rings. The van der Waals surface area contributed by atoms with E-state index < -0.39 is 5.82 Å². The van der Waals surface area contributed by atoms with Crippen LogP contribution in [0.15, 0.2) is 18.2 Å². The number of amides is 2. The zero-order valence-corrected chi connectivity index (χ0v) is 15.9. The number of hydrogen-bond acceptors (Lipinski definition) is 3. The smallest absolute Gasteiger partial charge is 0.235 e. The molecule has 146 valence electrons. The van der Waals surface area contributed by atoms with Crippen LogP contribution in [0.5, 0.6) is 5.75 Å². The lowest BCUT2D eigenvalue weighted by atomic mass is 9.85. The van der Waals surface area contributed by atoms with Crippen molar-refractivity contribution in [1.82, 2.24) is 10.2 Å². The Morgan fingerprint density at radius 1 is 1.26 bits per heavy atom. The third-order valence-corrected chi connectivity index (χ3v) is 6.45. The molecule has 0 radical (unpaired) electrons. The monoisotopic (exact) mass is 394 g/mol. The molecule has 1 atom stereocenters. The molecule has 0 spiro atoms. The van der Waals surface area contributed by atoms with Gasteiger partial charge in [-0.1, -0.05) is 12.1 Å². The average molecular weight is 395 g/mol. The Kier molecular flexibility index (Phi) is 5.01. The molecule has 2 fully saturated rings. The first kappa shape index (κ1) is 18.5. The lowest BCUT2D eigenvalue weighted by Gasteiger charge is -2.38. The third kappa shape index (κ3) is 3.51. The van der Waals surface area contributed by atoms with Crippen molar-refractivity contribution < 1.29 is 18.7 Å². The second kappa shape index (κ2) is 7.30. The Hall–Kier alpha value is -1.82. The maximum absolute atomic E-state index is 14.0. The molecule has 0 bridgehead atoms. The van der Waals surface area contributed by atoms with Gasteiger partial charge in [0.1, 0.15) is 5.88 Å². The molecule has 0 aromatic heterocycles. The third-order valence-electron chi connectivity index (χ3n) is 6.21. The van der Waals surface area contributed by atoms with Gasteiger partial charge >= 0.3 is 0 Å². The van der Waals surface area contributed by atoms with Crippen LogP contribution in [0.4, 0.5) is 4.39 Å². The highest BCUT2D eigenvalue weighted by Gasteiger charge is 2.51. The van der Waals surface area contributed by atoms with Crippen LogP contribution in [0.1, 0.15) is 43.6 Å². The predicted octanol–water partition coefficient (Wildman–Crippen LogP) is 2.82. The van der Waals surface area contributed by atoms with Crippen LogP contribution in [0.3, 0.4) is 0 Å². The summed E-state index contributed by atoms with van der Waals surface area (Å²) < 4.78 is 19.4. The van der Waals surface area contributed by atoms with E-state index in [-0.39, 0.29) is 34.9 Å². The molecule has 2 amide bonds. The Balaban J connectivity index is 1.40. The number of nitrogens with one attached hydrogen (secondary N) is 1. The van der Waals surface area contributed by atoms with Crippen LogP contribution in [0.25, 0.3) is 0 Å². The lowest BCUT2D eigenvalue weighted by Crippen LogP contribution is -2.49. The van der Waals surface area contributed by atoms with E-state index in [0.29, 0.717) is 37.6 Å². The number of rotatable bonds is 4. The van der Waals surface area contributed by atoms with Gasteiger partial charge in [0.2, 0.25) is 11.8 Å². The van der Waals surface area contributed by atoms with Gasteiger partial charge in [-0.05, 0) is 44.1 Å². The molecule has 4 rings (SSSR count). The first-order valence-corrected chi connectivity index (χ1v) is 10.1. The molecular weight excluding hydrogens is 371 g/mol.